The lowest BCUT2D eigenvalue weighted by Crippen LogP contribution is -2.40. The number of nitrogens with one attached hydrogen (secondary N) is 1. The summed E-state index contributed by atoms with van der Waals surface area (Å²) in [5.74, 6) is -0.369. The number of hydrogen-bond acceptors (Lipinski definition) is 6. The normalized spacial score (nSPS) is 16.2. The van der Waals surface area contributed by atoms with E-state index in [2.05, 4.69) is 5.32 Å². The lowest BCUT2D eigenvalue weighted by Gasteiger charge is -2.25. The number of nitrogens with zero attached hydrogens (tertiary/aromatic N) is 2. The Labute approximate surface area is 259 Å². The summed E-state index contributed by atoms with van der Waals surface area (Å²) in [6.45, 7) is 1.97. The summed E-state index contributed by atoms with van der Waals surface area (Å²) in [6.07, 6.45) is 0.736. The molecule has 2 atom stereocenters. The molecule has 3 aromatic carbocycles. The molecule has 0 aliphatic carbocycles. The molecule has 1 aliphatic rings. The highest BCUT2D eigenvalue weighted by atomic mass is 35.5. The predicted octanol–water partition coefficient (Wildman–Crippen LogP) is 5.83. The third kappa shape index (κ3) is 6.65. The van der Waals surface area contributed by atoms with Gasteiger partial charge in [0.2, 0.25) is 5.91 Å². The van der Waals surface area contributed by atoms with E-state index in [0.29, 0.717) is 22.6 Å². The second-order valence-electron chi connectivity index (χ2n) is 10.5. The summed E-state index contributed by atoms with van der Waals surface area (Å²) < 4.78 is 32.6. The van der Waals surface area contributed by atoms with Crippen molar-refractivity contribution < 1.29 is 33.0 Å². The van der Waals surface area contributed by atoms with Crippen molar-refractivity contribution in [2.45, 2.75) is 32.0 Å². The average molecular weight is 622 g/mol. The third-order valence-electron chi connectivity index (χ3n) is 7.57. The number of amides is 2. The maximum absolute atomic E-state index is 14.5. The Hall–Kier alpha value is -4.57. The lowest BCUT2D eigenvalue weighted by atomic mass is 10.1. The number of likely N-dealkylation sites (tertiary alicyclic amines) is 1. The summed E-state index contributed by atoms with van der Waals surface area (Å²) in [4.78, 5) is 39.9. The Bertz CT molecular complexity index is 1710. The minimum atomic E-state index is -1.18. The van der Waals surface area contributed by atoms with E-state index in [-0.39, 0.29) is 60.8 Å². The highest BCUT2D eigenvalue weighted by Gasteiger charge is 2.36. The number of rotatable bonds is 10. The van der Waals surface area contributed by atoms with Crippen molar-refractivity contribution in [3.05, 3.63) is 88.6 Å². The van der Waals surface area contributed by atoms with E-state index in [1.54, 1.807) is 49.5 Å². The van der Waals surface area contributed by atoms with E-state index < -0.39 is 18.2 Å². The van der Waals surface area contributed by atoms with Crippen LogP contribution in [0.5, 0.6) is 11.5 Å². The fraction of sp³-hybridized carbons (Fsp3) is 0.303. The molecule has 0 bridgehead atoms. The van der Waals surface area contributed by atoms with Crippen molar-refractivity contribution in [3.63, 3.8) is 0 Å². The second kappa shape index (κ2) is 13.4. The Morgan fingerprint density at radius 1 is 1.07 bits per heavy atom. The molecule has 9 nitrogen and oxygen atoms in total. The van der Waals surface area contributed by atoms with Gasteiger partial charge in [0.05, 0.1) is 49.0 Å². The van der Waals surface area contributed by atoms with Crippen molar-refractivity contribution in [2.75, 3.05) is 32.2 Å². The van der Waals surface area contributed by atoms with Gasteiger partial charge in [0, 0.05) is 36.6 Å². The number of benzene rings is 3. The SMILES string of the molecule is CCOC(=O)c1ccc(OC[C@@H]2C[C@H](F)CN2C(=O)Cc2ccc(NC(=O)c3cn(C)c4ccccc34)c(Cl)c2)cc1OC. The third-order valence-corrected chi connectivity index (χ3v) is 7.89. The largest absolute Gasteiger partial charge is 0.496 e. The zero-order valence-electron chi connectivity index (χ0n) is 24.6. The minimum Gasteiger partial charge on any atom is -0.496 e. The standard InChI is InChI=1S/C33H33ClFN3O6/c1-4-43-33(41)25-11-10-23(16-30(25)42-3)44-19-22-15-21(35)17-38(22)31(39)14-20-9-12-28(27(34)13-20)36-32(40)26-18-37(2)29-8-6-5-7-24(26)29/h5-13,16,18,21-22H,4,14-15,17,19H2,1-3H3,(H,36,40)/t21-,22-/m0/s1. The fourth-order valence-corrected chi connectivity index (χ4v) is 5.66. The molecular weight excluding hydrogens is 589 g/mol. The smallest absolute Gasteiger partial charge is 0.341 e. The van der Waals surface area contributed by atoms with Gasteiger partial charge < -0.3 is 29.0 Å². The minimum absolute atomic E-state index is 0.00253. The van der Waals surface area contributed by atoms with Crippen molar-refractivity contribution in [3.8, 4) is 11.5 Å². The van der Waals surface area contributed by atoms with E-state index >= 15 is 0 Å². The molecule has 44 heavy (non-hydrogen) atoms. The number of carbonyl (C=O) groups excluding carboxylic acids is 3. The molecule has 0 unspecified atom stereocenters. The molecule has 230 valence electrons. The van der Waals surface area contributed by atoms with Crippen LogP contribution in [-0.4, -0.2) is 66.3 Å². The molecule has 4 aromatic rings. The van der Waals surface area contributed by atoms with Gasteiger partial charge in [-0.05, 0) is 42.8 Å². The van der Waals surface area contributed by atoms with Gasteiger partial charge in [0.15, 0.2) is 0 Å². The maximum atomic E-state index is 14.5. The molecule has 1 fully saturated rings. The molecule has 5 rings (SSSR count). The van der Waals surface area contributed by atoms with Crippen LogP contribution in [0.3, 0.4) is 0 Å². The molecule has 0 saturated carbocycles. The lowest BCUT2D eigenvalue weighted by molar-refractivity contribution is -0.132. The van der Waals surface area contributed by atoms with Gasteiger partial charge in [0.25, 0.3) is 5.91 Å². The number of aromatic nitrogens is 1. The Balaban J connectivity index is 1.22. The van der Waals surface area contributed by atoms with Crippen molar-refractivity contribution in [1.29, 1.82) is 0 Å². The topological polar surface area (TPSA) is 99.1 Å². The van der Waals surface area contributed by atoms with Crippen molar-refractivity contribution in [2.24, 2.45) is 7.05 Å². The molecule has 1 N–H and O–H groups in total. The highest BCUT2D eigenvalue weighted by molar-refractivity contribution is 6.34. The molecule has 2 amide bonds. The Kier molecular flexibility index (Phi) is 9.39. The van der Waals surface area contributed by atoms with Gasteiger partial charge >= 0.3 is 5.97 Å². The summed E-state index contributed by atoms with van der Waals surface area (Å²) in [5.41, 5.74) is 2.77. The number of methoxy groups -OCH3 is 1. The van der Waals surface area contributed by atoms with Gasteiger partial charge in [-0.3, -0.25) is 9.59 Å². The molecule has 11 heteroatoms. The number of fused-ring (bicyclic) bond motifs is 1. The van der Waals surface area contributed by atoms with Crippen molar-refractivity contribution in [1.82, 2.24) is 9.47 Å². The Morgan fingerprint density at radius 3 is 2.61 bits per heavy atom. The first-order valence-corrected chi connectivity index (χ1v) is 14.6. The maximum Gasteiger partial charge on any atom is 0.341 e. The first kappa shape index (κ1) is 30.9. The van der Waals surface area contributed by atoms with Gasteiger partial charge in [-0.2, -0.15) is 0 Å². The zero-order chi connectivity index (χ0) is 31.4. The fourth-order valence-electron chi connectivity index (χ4n) is 5.41. The monoisotopic (exact) mass is 621 g/mol. The number of esters is 1. The highest BCUT2D eigenvalue weighted by Crippen LogP contribution is 2.29. The summed E-state index contributed by atoms with van der Waals surface area (Å²) in [7, 11) is 3.31. The van der Waals surface area contributed by atoms with Crippen LogP contribution in [0.25, 0.3) is 10.9 Å². The van der Waals surface area contributed by atoms with E-state index in [1.807, 2.05) is 35.9 Å². The average Bonchev–Trinajstić information content (AvgIpc) is 3.56. The quantitative estimate of drug-likeness (QED) is 0.224. The number of para-hydroxylation sites is 1. The van der Waals surface area contributed by atoms with Crippen molar-refractivity contribution >= 4 is 46.0 Å². The molecule has 0 spiro atoms. The number of halogens is 2. The number of anilines is 1. The van der Waals surface area contributed by atoms with Crippen LogP contribution in [0.15, 0.2) is 66.9 Å². The summed E-state index contributed by atoms with van der Waals surface area (Å²) in [5, 5.41) is 3.97. The number of alkyl halides is 1. The number of hydrogen-bond donors (Lipinski definition) is 1. The molecule has 0 radical (unpaired) electrons. The van der Waals surface area contributed by atoms with Crippen LogP contribution in [0, 0.1) is 0 Å². The molecule has 1 aromatic heterocycles. The molecular formula is C33H33ClFN3O6. The van der Waals surface area contributed by atoms with Gasteiger partial charge in [-0.1, -0.05) is 35.9 Å². The Morgan fingerprint density at radius 2 is 1.86 bits per heavy atom. The second-order valence-corrected chi connectivity index (χ2v) is 10.9. The van der Waals surface area contributed by atoms with E-state index in [1.165, 1.54) is 12.0 Å². The van der Waals surface area contributed by atoms with Crippen LogP contribution < -0.4 is 14.8 Å². The van der Waals surface area contributed by atoms with Gasteiger partial charge in [-0.25, -0.2) is 9.18 Å². The van der Waals surface area contributed by atoms with Gasteiger partial charge in [0.1, 0.15) is 29.8 Å². The number of ether oxygens (including phenoxy) is 3. The van der Waals surface area contributed by atoms with Crippen LogP contribution in [-0.2, 0) is 23.0 Å². The first-order chi connectivity index (χ1) is 21.2. The van der Waals surface area contributed by atoms with E-state index in [9.17, 15) is 18.8 Å². The molecule has 1 aliphatic heterocycles. The summed E-state index contributed by atoms with van der Waals surface area (Å²) in [6, 6.07) is 16.8. The van der Waals surface area contributed by atoms with E-state index in [0.717, 1.165) is 10.9 Å². The van der Waals surface area contributed by atoms with Crippen LogP contribution in [0.2, 0.25) is 5.02 Å². The number of carbonyl (C=O) groups is 3. The predicted molar refractivity (Wildman–Crippen MR) is 165 cm³/mol. The first-order valence-electron chi connectivity index (χ1n) is 14.2. The van der Waals surface area contributed by atoms with Gasteiger partial charge in [-0.15, -0.1) is 0 Å². The zero-order valence-corrected chi connectivity index (χ0v) is 25.4. The van der Waals surface area contributed by atoms with Crippen LogP contribution in [0.1, 0.15) is 39.6 Å². The summed E-state index contributed by atoms with van der Waals surface area (Å²) >= 11 is 6.51. The van der Waals surface area contributed by atoms with Crippen LogP contribution in [0.4, 0.5) is 10.1 Å². The molecule has 1 saturated heterocycles. The van der Waals surface area contributed by atoms with E-state index in [4.69, 9.17) is 25.8 Å². The molecule has 2 heterocycles. The van der Waals surface area contributed by atoms with Crippen LogP contribution >= 0.6 is 11.6 Å². The number of aryl methyl sites for hydroxylation is 1.